The van der Waals surface area contributed by atoms with Crippen LogP contribution in [0.1, 0.15) is 40.6 Å². The van der Waals surface area contributed by atoms with E-state index in [0.717, 1.165) is 24.2 Å². The molecule has 1 fully saturated rings. The summed E-state index contributed by atoms with van der Waals surface area (Å²) in [5.41, 5.74) is 2.77. The summed E-state index contributed by atoms with van der Waals surface area (Å²) in [6.45, 7) is 3.27. The second-order valence-corrected chi connectivity index (χ2v) is 6.69. The molecule has 0 spiro atoms. The van der Waals surface area contributed by atoms with Gasteiger partial charge in [0.2, 0.25) is 0 Å². The van der Waals surface area contributed by atoms with E-state index in [9.17, 15) is 14.4 Å². The first-order valence-corrected chi connectivity index (χ1v) is 8.99. The van der Waals surface area contributed by atoms with Gasteiger partial charge in [0.05, 0.1) is 12.7 Å². The van der Waals surface area contributed by atoms with Crippen LogP contribution in [0, 0.1) is 13.8 Å². The summed E-state index contributed by atoms with van der Waals surface area (Å²) < 4.78 is 12.2. The highest BCUT2D eigenvalue weighted by Crippen LogP contribution is 2.38. The van der Waals surface area contributed by atoms with Gasteiger partial charge < -0.3 is 19.4 Å². The molecule has 0 bridgehead atoms. The van der Waals surface area contributed by atoms with Gasteiger partial charge in [0.25, 0.3) is 5.91 Å². The molecule has 1 saturated carbocycles. The zero-order valence-corrected chi connectivity index (χ0v) is 16.1. The van der Waals surface area contributed by atoms with E-state index in [1.165, 1.54) is 0 Å². The maximum atomic E-state index is 12.3. The fraction of sp³-hybridized carbons (Fsp3) is 0.350. The summed E-state index contributed by atoms with van der Waals surface area (Å²) in [5.74, 6) is -0.643. The molecule has 2 N–H and O–H groups in total. The molecule has 148 valence electrons. The number of hydrogen-bond donors (Lipinski definition) is 2. The maximum Gasteiger partial charge on any atom is 0.340 e. The van der Waals surface area contributed by atoms with Crippen LogP contribution in [0.2, 0.25) is 0 Å². The van der Waals surface area contributed by atoms with Crippen LogP contribution in [0.4, 0.5) is 10.5 Å². The Morgan fingerprint density at radius 1 is 1.14 bits per heavy atom. The van der Waals surface area contributed by atoms with Crippen molar-refractivity contribution in [1.82, 2.24) is 9.88 Å². The first-order valence-electron chi connectivity index (χ1n) is 8.99. The number of aromatic nitrogens is 1. The Morgan fingerprint density at radius 2 is 1.82 bits per heavy atom. The lowest BCUT2D eigenvalue weighted by molar-refractivity contribution is -0.123. The lowest BCUT2D eigenvalue weighted by atomic mass is 10.2. The van der Waals surface area contributed by atoms with Gasteiger partial charge in [-0.1, -0.05) is 0 Å². The normalized spacial score (nSPS) is 13.0. The topological polar surface area (TPSA) is 98.7 Å². The molecule has 3 rings (SSSR count). The number of carbonyl (C=O) groups is 3. The minimum absolute atomic E-state index is 0.444. The number of rotatable bonds is 6. The largest absolute Gasteiger partial charge is 0.497 e. The summed E-state index contributed by atoms with van der Waals surface area (Å²) in [7, 11) is 1.54. The van der Waals surface area contributed by atoms with E-state index >= 15 is 0 Å². The molecular weight excluding hydrogens is 362 g/mol. The molecule has 1 aliphatic carbocycles. The van der Waals surface area contributed by atoms with Crippen molar-refractivity contribution in [2.24, 2.45) is 0 Å². The highest BCUT2D eigenvalue weighted by Gasteiger charge is 2.28. The smallest absolute Gasteiger partial charge is 0.340 e. The van der Waals surface area contributed by atoms with Crippen molar-refractivity contribution < 1.29 is 23.9 Å². The van der Waals surface area contributed by atoms with E-state index in [4.69, 9.17) is 9.47 Å². The first-order chi connectivity index (χ1) is 13.4. The number of benzene rings is 1. The number of methoxy groups -OCH3 is 1. The van der Waals surface area contributed by atoms with Crippen molar-refractivity contribution in [1.29, 1.82) is 0 Å². The number of hydrogen-bond acceptors (Lipinski definition) is 5. The molecule has 1 aromatic carbocycles. The van der Waals surface area contributed by atoms with E-state index in [1.807, 2.05) is 13.8 Å². The second-order valence-electron chi connectivity index (χ2n) is 6.69. The second kappa shape index (κ2) is 8.16. The van der Waals surface area contributed by atoms with Gasteiger partial charge in [-0.05, 0) is 57.0 Å². The third-order valence-corrected chi connectivity index (χ3v) is 4.55. The molecule has 1 aromatic heterocycles. The number of amides is 3. The Hall–Kier alpha value is -3.29. The Kier molecular flexibility index (Phi) is 5.67. The predicted molar refractivity (Wildman–Crippen MR) is 103 cm³/mol. The number of ether oxygens (including phenoxy) is 2. The van der Waals surface area contributed by atoms with E-state index in [-0.39, 0.29) is 0 Å². The van der Waals surface area contributed by atoms with Gasteiger partial charge >= 0.3 is 12.0 Å². The van der Waals surface area contributed by atoms with Gasteiger partial charge in [0, 0.05) is 23.1 Å². The molecule has 0 saturated heterocycles. The molecule has 1 aliphatic rings. The number of imide groups is 1. The van der Waals surface area contributed by atoms with Crippen molar-refractivity contribution in [3.63, 3.8) is 0 Å². The lowest BCUT2D eigenvalue weighted by Gasteiger charge is -2.09. The molecule has 1 heterocycles. The third kappa shape index (κ3) is 4.51. The highest BCUT2D eigenvalue weighted by molar-refractivity contribution is 6.02. The van der Waals surface area contributed by atoms with Gasteiger partial charge in [-0.15, -0.1) is 0 Å². The van der Waals surface area contributed by atoms with E-state index in [1.54, 1.807) is 37.4 Å². The monoisotopic (exact) mass is 385 g/mol. The Labute approximate surface area is 162 Å². The third-order valence-electron chi connectivity index (χ3n) is 4.55. The molecule has 8 heteroatoms. The summed E-state index contributed by atoms with van der Waals surface area (Å²) >= 11 is 0. The minimum atomic E-state index is -0.713. The summed E-state index contributed by atoms with van der Waals surface area (Å²) in [6.07, 6.45) is 2.22. The van der Waals surface area contributed by atoms with Crippen LogP contribution in [0.25, 0.3) is 0 Å². The van der Waals surface area contributed by atoms with Crippen molar-refractivity contribution in [2.75, 3.05) is 19.0 Å². The number of esters is 1. The zero-order valence-electron chi connectivity index (χ0n) is 16.1. The summed E-state index contributed by atoms with van der Waals surface area (Å²) in [6, 6.07) is 8.14. The van der Waals surface area contributed by atoms with Crippen LogP contribution in [-0.4, -0.2) is 36.2 Å². The van der Waals surface area contributed by atoms with Crippen LogP contribution in [-0.2, 0) is 9.53 Å². The van der Waals surface area contributed by atoms with E-state index in [0.29, 0.717) is 23.0 Å². The number of urea groups is 1. The molecule has 28 heavy (non-hydrogen) atoms. The van der Waals surface area contributed by atoms with Gasteiger partial charge in [-0.25, -0.2) is 9.59 Å². The fourth-order valence-electron chi connectivity index (χ4n) is 3.09. The minimum Gasteiger partial charge on any atom is -0.497 e. The average Bonchev–Trinajstić information content (AvgIpc) is 3.45. The number of nitrogens with zero attached hydrogens (tertiary/aromatic N) is 1. The standard InChI is InChI=1S/C20H23N3O5/c1-12-10-17(13(2)23(12)15-6-7-15)19(25)28-11-18(24)22-20(26)21-14-4-8-16(27-3)9-5-14/h4-5,8-10,15H,6-7,11H2,1-3H3,(H2,21,22,24,26). The molecular formula is C20H23N3O5. The molecule has 3 amide bonds. The Bertz CT molecular complexity index is 897. The lowest BCUT2D eigenvalue weighted by Crippen LogP contribution is -2.37. The van der Waals surface area contributed by atoms with Crippen LogP contribution < -0.4 is 15.4 Å². The number of carbonyl (C=O) groups excluding carboxylic acids is 3. The number of anilines is 1. The van der Waals surface area contributed by atoms with E-state index in [2.05, 4.69) is 15.2 Å². The van der Waals surface area contributed by atoms with Crippen molar-refractivity contribution in [3.8, 4) is 5.75 Å². The molecule has 0 atom stereocenters. The predicted octanol–water partition coefficient (Wildman–Crippen LogP) is 2.95. The van der Waals surface area contributed by atoms with Crippen molar-refractivity contribution in [3.05, 3.63) is 47.3 Å². The van der Waals surface area contributed by atoms with Gasteiger partial charge in [-0.2, -0.15) is 0 Å². The molecule has 0 unspecified atom stereocenters. The maximum absolute atomic E-state index is 12.3. The van der Waals surface area contributed by atoms with Crippen molar-refractivity contribution in [2.45, 2.75) is 32.7 Å². The SMILES string of the molecule is COc1ccc(NC(=O)NC(=O)COC(=O)c2cc(C)n(C3CC3)c2C)cc1. The van der Waals surface area contributed by atoms with Crippen LogP contribution in [0.3, 0.4) is 0 Å². The summed E-state index contributed by atoms with van der Waals surface area (Å²) in [4.78, 5) is 36.0. The number of aryl methyl sites for hydroxylation is 1. The van der Waals surface area contributed by atoms with Gasteiger partial charge in [0.15, 0.2) is 6.61 Å². The highest BCUT2D eigenvalue weighted by atomic mass is 16.5. The summed E-state index contributed by atoms with van der Waals surface area (Å²) in [5, 5.41) is 4.63. The quantitative estimate of drug-likeness (QED) is 0.745. The van der Waals surface area contributed by atoms with Gasteiger partial charge in [0.1, 0.15) is 5.75 Å². The fourth-order valence-corrected chi connectivity index (χ4v) is 3.09. The Morgan fingerprint density at radius 3 is 2.43 bits per heavy atom. The molecule has 0 radical (unpaired) electrons. The van der Waals surface area contributed by atoms with Crippen LogP contribution >= 0.6 is 0 Å². The molecule has 0 aliphatic heterocycles. The van der Waals surface area contributed by atoms with Crippen LogP contribution in [0.15, 0.2) is 30.3 Å². The first kappa shape index (κ1) is 19.5. The van der Waals surface area contributed by atoms with E-state index < -0.39 is 24.5 Å². The number of nitrogens with one attached hydrogen (secondary N) is 2. The average molecular weight is 385 g/mol. The molecule has 8 nitrogen and oxygen atoms in total. The van der Waals surface area contributed by atoms with Crippen LogP contribution in [0.5, 0.6) is 5.75 Å². The van der Waals surface area contributed by atoms with Crippen molar-refractivity contribution >= 4 is 23.6 Å². The Balaban J connectivity index is 1.49. The zero-order chi connectivity index (χ0) is 20.3. The van der Waals surface area contributed by atoms with Gasteiger partial charge in [-0.3, -0.25) is 10.1 Å². The molecule has 2 aromatic rings.